The van der Waals surface area contributed by atoms with Gasteiger partial charge in [-0.1, -0.05) is 35.9 Å². The zero-order chi connectivity index (χ0) is 26.1. The van der Waals surface area contributed by atoms with Crippen LogP contribution in [0.5, 0.6) is 0 Å². The lowest BCUT2D eigenvalue weighted by atomic mass is 9.89. The van der Waals surface area contributed by atoms with Crippen molar-refractivity contribution in [3.05, 3.63) is 87.3 Å². The minimum Gasteiger partial charge on any atom is -0.331 e. The number of aryl methyl sites for hydroxylation is 2. The smallest absolute Gasteiger partial charge is 0.266 e. The average molecular weight is 536 g/mol. The first-order valence-electron chi connectivity index (χ1n) is 12.7. The fraction of sp³-hybridized carbons (Fsp3) is 0.333. The van der Waals surface area contributed by atoms with Crippen LogP contribution in [-0.4, -0.2) is 34.9 Å². The summed E-state index contributed by atoms with van der Waals surface area (Å²) in [7, 11) is 1.99. The van der Waals surface area contributed by atoms with E-state index >= 15 is 0 Å². The number of carbonyl (C=O) groups excluding carboxylic acids is 1. The molecule has 1 fully saturated rings. The molecule has 2 aromatic heterocycles. The molecule has 1 saturated carbocycles. The maximum atomic E-state index is 14.6. The summed E-state index contributed by atoms with van der Waals surface area (Å²) in [5.74, 6) is -0.519. The van der Waals surface area contributed by atoms with Crippen LogP contribution in [0.3, 0.4) is 0 Å². The van der Waals surface area contributed by atoms with Crippen molar-refractivity contribution >= 4 is 38.9 Å². The van der Waals surface area contributed by atoms with Crippen LogP contribution in [0.4, 0.5) is 4.39 Å². The van der Waals surface area contributed by atoms with E-state index in [1.165, 1.54) is 17.4 Å². The maximum Gasteiger partial charge on any atom is 0.266 e. The summed E-state index contributed by atoms with van der Waals surface area (Å²) in [6.45, 7) is 4.52. The molecule has 1 amide bonds. The standard InChI is InChI=1S/C30H31ClFN3OS/c1-18-7-9-20(21-10-8-19(2)34-16-21)15-22(18)17-35(24-13-11-23(33-3)12-14-24)30(36)29-28(31)27-25(32)5-4-6-26(27)37-29/h4-10,15-16,23-24,33H,11-14,17H2,1-3H3. The van der Waals surface area contributed by atoms with Gasteiger partial charge in [-0.3, -0.25) is 9.78 Å². The zero-order valence-corrected chi connectivity index (χ0v) is 22.9. The minimum atomic E-state index is -0.394. The molecule has 4 nitrogen and oxygen atoms in total. The van der Waals surface area contributed by atoms with Crippen molar-refractivity contribution in [1.82, 2.24) is 15.2 Å². The number of rotatable bonds is 6. The fourth-order valence-corrected chi connectivity index (χ4v) is 6.73. The highest BCUT2D eigenvalue weighted by Crippen LogP contribution is 2.39. The van der Waals surface area contributed by atoms with Crippen LogP contribution in [0.2, 0.25) is 5.02 Å². The Bertz CT molecular complexity index is 1430. The van der Waals surface area contributed by atoms with Crippen LogP contribution in [0, 0.1) is 19.7 Å². The van der Waals surface area contributed by atoms with Gasteiger partial charge in [0.15, 0.2) is 0 Å². The number of hydrogen-bond acceptors (Lipinski definition) is 4. The Morgan fingerprint density at radius 2 is 1.86 bits per heavy atom. The van der Waals surface area contributed by atoms with E-state index in [4.69, 9.17) is 11.6 Å². The summed E-state index contributed by atoms with van der Waals surface area (Å²) >= 11 is 7.92. The molecule has 192 valence electrons. The van der Waals surface area contributed by atoms with E-state index in [1.54, 1.807) is 6.07 Å². The molecule has 5 rings (SSSR count). The van der Waals surface area contributed by atoms with Gasteiger partial charge in [-0.15, -0.1) is 11.3 Å². The van der Waals surface area contributed by atoms with Gasteiger partial charge in [-0.2, -0.15) is 0 Å². The lowest BCUT2D eigenvalue weighted by molar-refractivity contribution is 0.0606. The van der Waals surface area contributed by atoms with Crippen molar-refractivity contribution in [3.8, 4) is 11.1 Å². The van der Waals surface area contributed by atoms with Gasteiger partial charge >= 0.3 is 0 Å². The number of hydrogen-bond donors (Lipinski definition) is 1. The molecule has 0 unspecified atom stereocenters. The monoisotopic (exact) mass is 535 g/mol. The maximum absolute atomic E-state index is 14.6. The van der Waals surface area contributed by atoms with E-state index in [-0.39, 0.29) is 17.0 Å². The molecular formula is C30H31ClFN3OS. The highest BCUT2D eigenvalue weighted by Gasteiger charge is 2.32. The summed E-state index contributed by atoms with van der Waals surface area (Å²) < 4.78 is 15.3. The SMILES string of the molecule is CNC1CCC(N(Cc2cc(-c3ccc(C)nc3)ccc2C)C(=O)c2sc3cccc(F)c3c2Cl)CC1. The van der Waals surface area contributed by atoms with Gasteiger partial charge in [0.25, 0.3) is 5.91 Å². The Balaban J connectivity index is 1.52. The number of amides is 1. The molecular weight excluding hydrogens is 505 g/mol. The van der Waals surface area contributed by atoms with Gasteiger partial charge < -0.3 is 10.2 Å². The second-order valence-electron chi connectivity index (χ2n) is 9.91. The number of nitrogens with one attached hydrogen (secondary N) is 1. The van der Waals surface area contributed by atoms with E-state index in [1.807, 2.05) is 37.2 Å². The number of halogens is 2. The molecule has 7 heteroatoms. The molecule has 0 bridgehead atoms. The molecule has 0 radical (unpaired) electrons. The number of pyridine rings is 1. The summed E-state index contributed by atoms with van der Waals surface area (Å²) in [5, 5.41) is 3.93. The van der Waals surface area contributed by atoms with Crippen molar-refractivity contribution in [2.45, 2.75) is 58.2 Å². The quantitative estimate of drug-likeness (QED) is 0.277. The number of thiophene rings is 1. The minimum absolute atomic E-state index is 0.0901. The first kappa shape index (κ1) is 25.8. The molecule has 0 aliphatic heterocycles. The number of nitrogens with zero attached hydrogens (tertiary/aromatic N) is 2. The Kier molecular flexibility index (Phi) is 7.61. The second-order valence-corrected chi connectivity index (χ2v) is 11.3. The number of carbonyl (C=O) groups is 1. The van der Waals surface area contributed by atoms with Gasteiger partial charge in [-0.05, 0) is 87.5 Å². The van der Waals surface area contributed by atoms with Crippen molar-refractivity contribution in [2.24, 2.45) is 0 Å². The van der Waals surface area contributed by atoms with Gasteiger partial charge in [-0.25, -0.2) is 4.39 Å². The second kappa shape index (κ2) is 10.9. The molecule has 1 aliphatic rings. The molecule has 0 spiro atoms. The van der Waals surface area contributed by atoms with Crippen LogP contribution in [-0.2, 0) is 6.54 Å². The van der Waals surface area contributed by atoms with Crippen LogP contribution in [0.15, 0.2) is 54.7 Å². The Morgan fingerprint density at radius 3 is 2.54 bits per heavy atom. The predicted molar refractivity (Wildman–Crippen MR) is 151 cm³/mol. The summed E-state index contributed by atoms with van der Waals surface area (Å²) in [6, 6.07) is 15.9. The third-order valence-corrected chi connectivity index (χ3v) is 9.17. The van der Waals surface area contributed by atoms with Crippen molar-refractivity contribution in [1.29, 1.82) is 0 Å². The Morgan fingerprint density at radius 1 is 1.11 bits per heavy atom. The van der Waals surface area contributed by atoms with Gasteiger partial charge in [0.05, 0.1) is 5.02 Å². The topological polar surface area (TPSA) is 45.2 Å². The first-order chi connectivity index (χ1) is 17.9. The lowest BCUT2D eigenvalue weighted by Gasteiger charge is -2.37. The number of benzene rings is 2. The largest absolute Gasteiger partial charge is 0.331 e. The van der Waals surface area contributed by atoms with Gasteiger partial charge in [0, 0.05) is 46.2 Å². The molecule has 4 aromatic rings. The van der Waals surface area contributed by atoms with E-state index in [9.17, 15) is 9.18 Å². The number of fused-ring (bicyclic) bond motifs is 1. The molecule has 1 aliphatic carbocycles. The molecule has 0 saturated heterocycles. The average Bonchev–Trinajstić information content (AvgIpc) is 3.26. The summed E-state index contributed by atoms with van der Waals surface area (Å²) in [6.07, 6.45) is 5.72. The highest BCUT2D eigenvalue weighted by atomic mass is 35.5. The third kappa shape index (κ3) is 5.28. The van der Waals surface area contributed by atoms with Gasteiger partial charge in [0.2, 0.25) is 0 Å². The molecule has 2 aromatic carbocycles. The lowest BCUT2D eigenvalue weighted by Crippen LogP contribution is -2.44. The van der Waals surface area contributed by atoms with Crippen molar-refractivity contribution in [3.63, 3.8) is 0 Å². The molecule has 37 heavy (non-hydrogen) atoms. The fourth-order valence-electron chi connectivity index (χ4n) is 5.23. The Hall–Kier alpha value is -2.80. The third-order valence-electron chi connectivity index (χ3n) is 7.54. The van der Waals surface area contributed by atoms with Crippen LogP contribution in [0.25, 0.3) is 21.2 Å². The van der Waals surface area contributed by atoms with Crippen molar-refractivity contribution < 1.29 is 9.18 Å². The summed E-state index contributed by atoms with van der Waals surface area (Å²) in [5.41, 5.74) is 5.30. The Labute approximate surface area is 226 Å². The van der Waals surface area contributed by atoms with Crippen LogP contribution >= 0.6 is 22.9 Å². The van der Waals surface area contributed by atoms with Crippen LogP contribution < -0.4 is 5.32 Å². The predicted octanol–water partition coefficient (Wildman–Crippen LogP) is 7.55. The van der Waals surface area contributed by atoms with E-state index in [0.29, 0.717) is 27.5 Å². The number of aromatic nitrogens is 1. The normalized spacial score (nSPS) is 17.8. The highest BCUT2D eigenvalue weighted by molar-refractivity contribution is 7.21. The van der Waals surface area contributed by atoms with Gasteiger partial charge in [0.1, 0.15) is 10.7 Å². The zero-order valence-electron chi connectivity index (χ0n) is 21.4. The first-order valence-corrected chi connectivity index (χ1v) is 13.9. The van der Waals surface area contributed by atoms with E-state index in [0.717, 1.165) is 53.6 Å². The molecule has 1 N–H and O–H groups in total. The molecule has 2 heterocycles. The summed E-state index contributed by atoms with van der Waals surface area (Å²) in [4.78, 5) is 20.9. The van der Waals surface area contributed by atoms with E-state index < -0.39 is 5.82 Å². The molecule has 0 atom stereocenters. The van der Waals surface area contributed by atoms with Crippen molar-refractivity contribution in [2.75, 3.05) is 7.05 Å². The van der Waals surface area contributed by atoms with E-state index in [2.05, 4.69) is 41.5 Å². The van der Waals surface area contributed by atoms with Crippen LogP contribution in [0.1, 0.15) is 52.2 Å².